The number of ether oxygens (including phenoxy) is 1. The number of hydrogen-bond acceptors (Lipinski definition) is 4. The second kappa shape index (κ2) is 8.89. The molecule has 6 heteroatoms. The van der Waals surface area contributed by atoms with Crippen molar-refractivity contribution in [2.75, 3.05) is 26.2 Å². The van der Waals surface area contributed by atoms with E-state index in [1.54, 1.807) is 0 Å². The number of nitrogens with two attached hydrogens (primary N) is 1. The quantitative estimate of drug-likeness (QED) is 0.804. The van der Waals surface area contributed by atoms with E-state index in [9.17, 15) is 9.59 Å². The van der Waals surface area contributed by atoms with E-state index in [1.807, 2.05) is 54.3 Å². The molecule has 2 aromatic rings. The average molecular weight is 381 g/mol. The summed E-state index contributed by atoms with van der Waals surface area (Å²) >= 11 is 0. The van der Waals surface area contributed by atoms with Crippen LogP contribution in [0.1, 0.15) is 29.3 Å². The van der Waals surface area contributed by atoms with Gasteiger partial charge < -0.3 is 20.7 Å². The van der Waals surface area contributed by atoms with Crippen LogP contribution in [0.5, 0.6) is 5.75 Å². The lowest BCUT2D eigenvalue weighted by atomic mass is 10.0. The van der Waals surface area contributed by atoms with Crippen molar-refractivity contribution in [1.82, 2.24) is 10.2 Å². The fourth-order valence-electron chi connectivity index (χ4n) is 3.40. The molecule has 0 radical (unpaired) electrons. The number of benzene rings is 2. The lowest BCUT2D eigenvalue weighted by Gasteiger charge is -2.33. The summed E-state index contributed by atoms with van der Waals surface area (Å²) < 4.78 is 5.55. The Kier molecular flexibility index (Phi) is 6.31. The molecule has 1 atom stereocenters. The van der Waals surface area contributed by atoms with Gasteiger partial charge in [-0.15, -0.1) is 0 Å². The fourth-order valence-corrected chi connectivity index (χ4v) is 3.40. The Morgan fingerprint density at radius 2 is 1.96 bits per heavy atom. The highest BCUT2D eigenvalue weighted by molar-refractivity contribution is 5.95. The number of nitrogens with zero attached hydrogens (tertiary/aromatic N) is 1. The zero-order chi connectivity index (χ0) is 20.1. The van der Waals surface area contributed by atoms with Gasteiger partial charge in [0.05, 0.1) is 0 Å². The summed E-state index contributed by atoms with van der Waals surface area (Å²) in [6.07, 6.45) is 1.00. The molecular weight excluding hydrogens is 354 g/mol. The summed E-state index contributed by atoms with van der Waals surface area (Å²) in [6, 6.07) is 13.6. The zero-order valence-corrected chi connectivity index (χ0v) is 16.4. The Hall–Kier alpha value is -2.86. The third kappa shape index (κ3) is 4.70. The largest absolute Gasteiger partial charge is 0.483 e. The summed E-state index contributed by atoms with van der Waals surface area (Å²) in [5, 5.41) is 3.43. The summed E-state index contributed by atoms with van der Waals surface area (Å²) in [7, 11) is 0. The first-order valence-corrected chi connectivity index (χ1v) is 9.62. The second-order valence-corrected chi connectivity index (χ2v) is 7.14. The van der Waals surface area contributed by atoms with E-state index in [0.717, 1.165) is 42.7 Å². The van der Waals surface area contributed by atoms with Gasteiger partial charge in [-0.1, -0.05) is 30.7 Å². The van der Waals surface area contributed by atoms with Gasteiger partial charge >= 0.3 is 0 Å². The first-order chi connectivity index (χ1) is 13.5. The lowest BCUT2D eigenvalue weighted by Crippen LogP contribution is -2.52. The minimum absolute atomic E-state index is 0.0564. The number of aryl methyl sites for hydroxylation is 1. The molecule has 0 aromatic heterocycles. The van der Waals surface area contributed by atoms with Crippen molar-refractivity contribution >= 4 is 11.8 Å². The topological polar surface area (TPSA) is 84.7 Å². The number of piperazine rings is 1. The average Bonchev–Trinajstić information content (AvgIpc) is 2.72. The van der Waals surface area contributed by atoms with Crippen LogP contribution < -0.4 is 15.8 Å². The zero-order valence-electron chi connectivity index (χ0n) is 16.4. The van der Waals surface area contributed by atoms with E-state index in [4.69, 9.17) is 10.5 Å². The number of rotatable bonds is 6. The highest BCUT2D eigenvalue weighted by Gasteiger charge is 2.23. The Morgan fingerprint density at radius 3 is 2.64 bits per heavy atom. The standard InChI is InChI=1S/C22H27N3O3/c1-3-18-13-25(11-10-24-18)22(27)17-7-5-16(6-8-17)19-12-15(2)4-9-20(19)28-14-21(23)26/h4-9,12,18,24H,3,10-11,13-14H2,1-2H3,(H2,23,26). The number of carbonyl (C=O) groups excluding carboxylic acids is 2. The maximum Gasteiger partial charge on any atom is 0.255 e. The Labute approximate surface area is 165 Å². The maximum atomic E-state index is 12.8. The van der Waals surface area contributed by atoms with Gasteiger partial charge in [0.25, 0.3) is 11.8 Å². The van der Waals surface area contributed by atoms with Crippen LogP contribution in [-0.4, -0.2) is 49.0 Å². The molecule has 148 valence electrons. The molecular formula is C22H27N3O3. The molecule has 1 saturated heterocycles. The molecule has 1 fully saturated rings. The van der Waals surface area contributed by atoms with Crippen molar-refractivity contribution in [2.24, 2.45) is 5.73 Å². The van der Waals surface area contributed by atoms with Gasteiger partial charge in [-0.05, 0) is 43.2 Å². The van der Waals surface area contributed by atoms with Crippen LogP contribution in [-0.2, 0) is 4.79 Å². The van der Waals surface area contributed by atoms with Gasteiger partial charge in [-0.2, -0.15) is 0 Å². The smallest absolute Gasteiger partial charge is 0.255 e. The fraction of sp³-hybridized carbons (Fsp3) is 0.364. The SMILES string of the molecule is CCC1CN(C(=O)c2ccc(-c3cc(C)ccc3OCC(N)=O)cc2)CCN1. The second-order valence-electron chi connectivity index (χ2n) is 7.14. The number of primary amides is 1. The first-order valence-electron chi connectivity index (χ1n) is 9.62. The van der Waals surface area contributed by atoms with E-state index in [-0.39, 0.29) is 12.5 Å². The van der Waals surface area contributed by atoms with Crippen molar-refractivity contribution in [3.63, 3.8) is 0 Å². The van der Waals surface area contributed by atoms with Crippen LogP contribution in [0.2, 0.25) is 0 Å². The Balaban J connectivity index is 1.80. The molecule has 1 unspecified atom stereocenters. The molecule has 0 spiro atoms. The molecule has 3 rings (SSSR count). The van der Waals surface area contributed by atoms with Crippen LogP contribution in [0, 0.1) is 6.92 Å². The molecule has 1 aliphatic rings. The van der Waals surface area contributed by atoms with Gasteiger partial charge in [-0.3, -0.25) is 9.59 Å². The number of hydrogen-bond donors (Lipinski definition) is 2. The molecule has 2 amide bonds. The minimum Gasteiger partial charge on any atom is -0.483 e. The maximum absolute atomic E-state index is 12.8. The summed E-state index contributed by atoms with van der Waals surface area (Å²) in [5.74, 6) is 0.131. The highest BCUT2D eigenvalue weighted by atomic mass is 16.5. The molecule has 0 aliphatic carbocycles. The van der Waals surface area contributed by atoms with Gasteiger partial charge in [0.1, 0.15) is 5.75 Å². The van der Waals surface area contributed by atoms with Crippen molar-refractivity contribution in [3.05, 3.63) is 53.6 Å². The molecule has 0 saturated carbocycles. The molecule has 1 aliphatic heterocycles. The van der Waals surface area contributed by atoms with Gasteiger partial charge in [0.2, 0.25) is 0 Å². The summed E-state index contributed by atoms with van der Waals surface area (Å²) in [4.78, 5) is 25.8. The first kappa shape index (κ1) is 19.9. The normalized spacial score (nSPS) is 16.6. The van der Waals surface area contributed by atoms with Gasteiger partial charge in [0, 0.05) is 36.8 Å². The Morgan fingerprint density at radius 1 is 1.21 bits per heavy atom. The molecule has 0 bridgehead atoms. The molecule has 6 nitrogen and oxygen atoms in total. The van der Waals surface area contributed by atoms with Crippen molar-refractivity contribution < 1.29 is 14.3 Å². The summed E-state index contributed by atoms with van der Waals surface area (Å²) in [6.45, 7) is 6.23. The van der Waals surface area contributed by atoms with E-state index < -0.39 is 5.91 Å². The highest BCUT2D eigenvalue weighted by Crippen LogP contribution is 2.31. The number of nitrogens with one attached hydrogen (secondary N) is 1. The van der Waals surface area contributed by atoms with Crippen molar-refractivity contribution in [3.8, 4) is 16.9 Å². The number of amides is 2. The lowest BCUT2D eigenvalue weighted by molar-refractivity contribution is -0.119. The molecule has 28 heavy (non-hydrogen) atoms. The van der Waals surface area contributed by atoms with E-state index in [0.29, 0.717) is 17.4 Å². The third-order valence-electron chi connectivity index (χ3n) is 4.98. The van der Waals surface area contributed by atoms with Crippen molar-refractivity contribution in [1.29, 1.82) is 0 Å². The molecule has 2 aromatic carbocycles. The summed E-state index contributed by atoms with van der Waals surface area (Å²) in [5.41, 5.74) is 8.73. The predicted molar refractivity (Wildman–Crippen MR) is 109 cm³/mol. The molecule has 1 heterocycles. The van der Waals surface area contributed by atoms with E-state index >= 15 is 0 Å². The van der Waals surface area contributed by atoms with Crippen LogP contribution in [0.4, 0.5) is 0 Å². The molecule has 3 N–H and O–H groups in total. The van der Waals surface area contributed by atoms with Crippen LogP contribution in [0.15, 0.2) is 42.5 Å². The van der Waals surface area contributed by atoms with E-state index in [2.05, 4.69) is 12.2 Å². The Bertz CT molecular complexity index is 849. The van der Waals surface area contributed by atoms with Crippen LogP contribution in [0.25, 0.3) is 11.1 Å². The predicted octanol–water partition coefficient (Wildman–Crippen LogP) is 2.35. The minimum atomic E-state index is -0.520. The van der Waals surface area contributed by atoms with Crippen molar-refractivity contribution in [2.45, 2.75) is 26.3 Å². The third-order valence-corrected chi connectivity index (χ3v) is 4.98. The van der Waals surface area contributed by atoms with Crippen LogP contribution >= 0.6 is 0 Å². The van der Waals surface area contributed by atoms with E-state index in [1.165, 1.54) is 0 Å². The van der Waals surface area contributed by atoms with Gasteiger partial charge in [-0.25, -0.2) is 0 Å². The van der Waals surface area contributed by atoms with Gasteiger partial charge in [0.15, 0.2) is 6.61 Å². The monoisotopic (exact) mass is 381 g/mol. The number of carbonyl (C=O) groups is 2. The van der Waals surface area contributed by atoms with Crippen LogP contribution in [0.3, 0.4) is 0 Å².